The lowest BCUT2D eigenvalue weighted by Gasteiger charge is -2.24. The number of fused-ring (bicyclic) bond motifs is 2. The van der Waals surface area contributed by atoms with Crippen LogP contribution in [0, 0.1) is 0 Å². The van der Waals surface area contributed by atoms with Gasteiger partial charge in [0.1, 0.15) is 0 Å². The molecule has 0 saturated heterocycles. The second-order valence-electron chi connectivity index (χ2n) is 10.5. The summed E-state index contributed by atoms with van der Waals surface area (Å²) in [6.45, 7) is 4.26. The summed E-state index contributed by atoms with van der Waals surface area (Å²) in [5.74, 6) is 0.719. The van der Waals surface area contributed by atoms with E-state index in [4.69, 9.17) is 0 Å². The van der Waals surface area contributed by atoms with Gasteiger partial charge in [0.15, 0.2) is 0 Å². The predicted octanol–water partition coefficient (Wildman–Crippen LogP) is 8.61. The zero-order valence-corrected chi connectivity index (χ0v) is 19.7. The van der Waals surface area contributed by atoms with Crippen LogP contribution in [0.25, 0.3) is 17.2 Å². The van der Waals surface area contributed by atoms with Crippen LogP contribution >= 0.6 is 0 Å². The molecule has 0 radical (unpaired) electrons. The number of allylic oxidation sites excluding steroid dienone is 2. The van der Waals surface area contributed by atoms with E-state index < -0.39 is 0 Å². The molecule has 0 nitrogen and oxygen atoms in total. The second-order valence-corrected chi connectivity index (χ2v) is 10.5. The summed E-state index contributed by atoms with van der Waals surface area (Å²) < 4.78 is 0. The van der Waals surface area contributed by atoms with Crippen molar-refractivity contribution in [2.75, 3.05) is 0 Å². The number of benzene rings is 3. The lowest BCUT2D eigenvalue weighted by atomic mass is 9.81. The molecular formula is C33H34. The lowest BCUT2D eigenvalue weighted by Crippen LogP contribution is -2.07. The Morgan fingerprint density at radius 3 is 2.61 bits per heavy atom. The highest BCUT2D eigenvalue weighted by atomic mass is 14.2. The molecule has 33 heavy (non-hydrogen) atoms. The highest BCUT2D eigenvalue weighted by Gasteiger charge is 2.19. The molecule has 0 bridgehead atoms. The van der Waals surface area contributed by atoms with Crippen molar-refractivity contribution in [1.82, 2.24) is 0 Å². The van der Waals surface area contributed by atoms with Gasteiger partial charge in [0.05, 0.1) is 0 Å². The van der Waals surface area contributed by atoms with E-state index in [1.54, 1.807) is 5.56 Å². The molecule has 0 spiro atoms. The van der Waals surface area contributed by atoms with Gasteiger partial charge >= 0.3 is 0 Å². The van der Waals surface area contributed by atoms with Crippen LogP contribution in [0.15, 0.2) is 72.8 Å². The maximum Gasteiger partial charge on any atom is -0.00253 e. The Bertz CT molecular complexity index is 1230. The fourth-order valence-corrected chi connectivity index (χ4v) is 6.29. The van der Waals surface area contributed by atoms with Crippen molar-refractivity contribution in [3.8, 4) is 11.1 Å². The monoisotopic (exact) mass is 430 g/mol. The van der Waals surface area contributed by atoms with Gasteiger partial charge in [0, 0.05) is 0 Å². The first kappa shape index (κ1) is 20.7. The first-order valence-corrected chi connectivity index (χ1v) is 12.9. The van der Waals surface area contributed by atoms with E-state index in [1.807, 2.05) is 0 Å². The second kappa shape index (κ2) is 8.82. The zero-order chi connectivity index (χ0) is 22.2. The Morgan fingerprint density at radius 2 is 1.70 bits per heavy atom. The lowest BCUT2D eigenvalue weighted by molar-refractivity contribution is 0.443. The molecule has 0 unspecified atom stereocenters. The first-order chi connectivity index (χ1) is 16.2. The zero-order valence-electron chi connectivity index (χ0n) is 19.7. The van der Waals surface area contributed by atoms with E-state index in [0.29, 0.717) is 0 Å². The van der Waals surface area contributed by atoms with Crippen LogP contribution in [-0.4, -0.2) is 0 Å². The molecule has 6 rings (SSSR count). The molecular weight excluding hydrogens is 396 g/mol. The van der Waals surface area contributed by atoms with Gasteiger partial charge in [0.2, 0.25) is 0 Å². The van der Waals surface area contributed by atoms with E-state index in [2.05, 4.69) is 73.3 Å². The van der Waals surface area contributed by atoms with Crippen molar-refractivity contribution in [3.05, 3.63) is 112 Å². The summed E-state index contributed by atoms with van der Waals surface area (Å²) in [5, 5.41) is 0. The smallest absolute Gasteiger partial charge is 0.00253 e. The molecule has 3 aromatic carbocycles. The third kappa shape index (κ3) is 4.24. The van der Waals surface area contributed by atoms with Gasteiger partial charge < -0.3 is 0 Å². The van der Waals surface area contributed by atoms with Crippen molar-refractivity contribution < 1.29 is 0 Å². The average molecular weight is 431 g/mol. The highest BCUT2D eigenvalue weighted by molar-refractivity contribution is 5.80. The van der Waals surface area contributed by atoms with Gasteiger partial charge in [-0.2, -0.15) is 0 Å². The van der Waals surface area contributed by atoms with Crippen LogP contribution in [0.4, 0.5) is 0 Å². The SMILES string of the molecule is C=C1CCc2ccc(Cc3cc(-c4cccc5c4C=CC5)cc(C4CCCCC4)c3)cc2C1. The van der Waals surface area contributed by atoms with Crippen molar-refractivity contribution >= 4 is 6.08 Å². The summed E-state index contributed by atoms with van der Waals surface area (Å²) in [6.07, 6.45) is 16.9. The summed E-state index contributed by atoms with van der Waals surface area (Å²) in [7, 11) is 0. The molecule has 3 aliphatic carbocycles. The van der Waals surface area contributed by atoms with Crippen molar-refractivity contribution in [2.24, 2.45) is 0 Å². The standard InChI is InChI=1S/C33H34/c1-23-13-15-27-16-14-24(19-29(27)17-23)18-25-20-30(26-7-3-2-4-8-26)22-31(21-25)33-12-6-10-28-9-5-11-32(28)33/h5-6,10-12,14,16,19-22,26H,1-4,7-9,13,15,17-18H2. The largest absolute Gasteiger partial charge is 0.0995 e. The molecule has 1 fully saturated rings. The molecule has 0 atom stereocenters. The number of hydrogen-bond donors (Lipinski definition) is 0. The van der Waals surface area contributed by atoms with E-state index in [-0.39, 0.29) is 0 Å². The van der Waals surface area contributed by atoms with Gasteiger partial charge in [-0.3, -0.25) is 0 Å². The van der Waals surface area contributed by atoms with Gasteiger partial charge in [0.25, 0.3) is 0 Å². The topological polar surface area (TPSA) is 0 Å². The first-order valence-electron chi connectivity index (χ1n) is 12.9. The molecule has 0 aromatic heterocycles. The third-order valence-corrected chi connectivity index (χ3v) is 8.09. The third-order valence-electron chi connectivity index (χ3n) is 8.09. The molecule has 0 N–H and O–H groups in total. The normalized spacial score (nSPS) is 17.8. The average Bonchev–Trinajstić information content (AvgIpc) is 3.33. The van der Waals surface area contributed by atoms with Crippen LogP contribution in [0.2, 0.25) is 0 Å². The van der Waals surface area contributed by atoms with Crippen molar-refractivity contribution in [2.45, 2.75) is 70.1 Å². The quantitative estimate of drug-likeness (QED) is 0.363. The van der Waals surface area contributed by atoms with Crippen molar-refractivity contribution in [3.63, 3.8) is 0 Å². The molecule has 166 valence electrons. The number of rotatable bonds is 4. The molecule has 0 amide bonds. The maximum absolute atomic E-state index is 4.26. The fraction of sp³-hybridized carbons (Fsp3) is 0.333. The Hall–Kier alpha value is -2.86. The summed E-state index contributed by atoms with van der Waals surface area (Å²) in [5.41, 5.74) is 14.6. The van der Waals surface area contributed by atoms with Crippen molar-refractivity contribution in [1.29, 1.82) is 0 Å². The van der Waals surface area contributed by atoms with Crippen LogP contribution < -0.4 is 0 Å². The maximum atomic E-state index is 4.26. The summed E-state index contributed by atoms with van der Waals surface area (Å²) in [4.78, 5) is 0. The minimum Gasteiger partial charge on any atom is -0.0995 e. The van der Waals surface area contributed by atoms with Gasteiger partial charge in [-0.1, -0.05) is 98.2 Å². The van der Waals surface area contributed by atoms with Gasteiger partial charge in [-0.25, -0.2) is 0 Å². The Morgan fingerprint density at radius 1 is 0.788 bits per heavy atom. The molecule has 0 heteroatoms. The molecule has 0 heterocycles. The van der Waals surface area contributed by atoms with Gasteiger partial charge in [-0.15, -0.1) is 0 Å². The van der Waals surface area contributed by atoms with E-state index in [0.717, 1.165) is 38.0 Å². The number of hydrogen-bond acceptors (Lipinski definition) is 0. The Kier molecular flexibility index (Phi) is 5.54. The Labute approximate surface area is 199 Å². The molecule has 3 aromatic rings. The molecule has 0 aliphatic heterocycles. The van der Waals surface area contributed by atoms with Gasteiger partial charge in [-0.05, 0) is 101 Å². The molecule has 3 aliphatic rings. The molecule has 1 saturated carbocycles. The summed E-state index contributed by atoms with van der Waals surface area (Å²) >= 11 is 0. The van der Waals surface area contributed by atoms with Crippen LogP contribution in [-0.2, 0) is 25.7 Å². The van der Waals surface area contributed by atoms with Crippen LogP contribution in [0.1, 0.15) is 83.4 Å². The number of aryl methyl sites for hydroxylation is 1. The van der Waals surface area contributed by atoms with Crippen LogP contribution in [0.3, 0.4) is 0 Å². The summed E-state index contributed by atoms with van der Waals surface area (Å²) in [6, 6.07) is 21.5. The van der Waals surface area contributed by atoms with Crippen LogP contribution in [0.5, 0.6) is 0 Å². The fourth-order valence-electron chi connectivity index (χ4n) is 6.29. The van der Waals surface area contributed by atoms with E-state index >= 15 is 0 Å². The van der Waals surface area contributed by atoms with E-state index in [1.165, 1.54) is 82.2 Å². The minimum absolute atomic E-state index is 0.719. The Balaban J connectivity index is 1.39. The van der Waals surface area contributed by atoms with E-state index in [9.17, 15) is 0 Å². The highest BCUT2D eigenvalue weighted by Crippen LogP contribution is 2.38. The predicted molar refractivity (Wildman–Crippen MR) is 141 cm³/mol. The minimum atomic E-state index is 0.719.